The number of benzene rings is 1. The third-order valence-electron chi connectivity index (χ3n) is 2.89. The second-order valence-corrected chi connectivity index (χ2v) is 4.50. The van der Waals surface area contributed by atoms with E-state index in [4.69, 9.17) is 5.73 Å². The van der Waals surface area contributed by atoms with Crippen LogP contribution in [-0.2, 0) is 13.0 Å². The minimum Gasteiger partial charge on any atom is -0.399 e. The first kappa shape index (κ1) is 11.7. The molecular weight excluding hydrogens is 210 g/mol. The summed E-state index contributed by atoms with van der Waals surface area (Å²) in [5, 5.41) is 4.45. The van der Waals surface area contributed by atoms with E-state index in [1.165, 1.54) is 11.3 Å². The molecule has 0 bridgehead atoms. The fraction of sp³-hybridized carbons (Fsp3) is 0.357. The van der Waals surface area contributed by atoms with Crippen molar-refractivity contribution >= 4 is 5.69 Å². The molecule has 0 radical (unpaired) electrons. The number of hydrogen-bond donors (Lipinski definition) is 1. The Morgan fingerprint density at radius 2 is 2.06 bits per heavy atom. The van der Waals surface area contributed by atoms with Gasteiger partial charge in [0.1, 0.15) is 0 Å². The van der Waals surface area contributed by atoms with Crippen LogP contribution in [0.15, 0.2) is 30.3 Å². The van der Waals surface area contributed by atoms with E-state index >= 15 is 0 Å². The lowest BCUT2D eigenvalue weighted by Gasteiger charge is -2.05. The highest BCUT2D eigenvalue weighted by Gasteiger charge is 2.00. The zero-order chi connectivity index (χ0) is 12.3. The van der Waals surface area contributed by atoms with Crippen LogP contribution in [0.5, 0.6) is 0 Å². The van der Waals surface area contributed by atoms with Gasteiger partial charge in [0, 0.05) is 17.9 Å². The molecular formula is C14H19N3. The fourth-order valence-electron chi connectivity index (χ4n) is 2.08. The summed E-state index contributed by atoms with van der Waals surface area (Å²) in [4.78, 5) is 0. The van der Waals surface area contributed by atoms with Gasteiger partial charge >= 0.3 is 0 Å². The monoisotopic (exact) mass is 229 g/mol. The van der Waals surface area contributed by atoms with Crippen LogP contribution < -0.4 is 5.73 Å². The predicted octanol–water partition coefficient (Wildman–Crippen LogP) is 2.71. The molecule has 17 heavy (non-hydrogen) atoms. The summed E-state index contributed by atoms with van der Waals surface area (Å²) in [5.41, 5.74) is 10.2. The number of nitrogens with two attached hydrogens (primary N) is 1. The molecule has 0 saturated carbocycles. The van der Waals surface area contributed by atoms with Crippen LogP contribution in [0.1, 0.15) is 23.4 Å². The topological polar surface area (TPSA) is 43.8 Å². The van der Waals surface area contributed by atoms with Crippen molar-refractivity contribution in [3.63, 3.8) is 0 Å². The molecule has 1 aromatic heterocycles. The largest absolute Gasteiger partial charge is 0.399 e. The molecule has 1 aromatic carbocycles. The summed E-state index contributed by atoms with van der Waals surface area (Å²) < 4.78 is 2.07. The van der Waals surface area contributed by atoms with Gasteiger partial charge in [-0.15, -0.1) is 0 Å². The van der Waals surface area contributed by atoms with Gasteiger partial charge in [-0.1, -0.05) is 12.1 Å². The number of nitrogen functional groups attached to an aromatic ring is 1. The summed E-state index contributed by atoms with van der Waals surface area (Å²) in [6.07, 6.45) is 2.13. The molecule has 0 spiro atoms. The van der Waals surface area contributed by atoms with Crippen molar-refractivity contribution in [3.8, 4) is 0 Å². The van der Waals surface area contributed by atoms with Crippen molar-refractivity contribution in [1.82, 2.24) is 9.78 Å². The fourth-order valence-corrected chi connectivity index (χ4v) is 2.08. The Labute approximate surface area is 102 Å². The molecule has 0 amide bonds. The smallest absolute Gasteiger partial charge is 0.0596 e. The van der Waals surface area contributed by atoms with Gasteiger partial charge in [-0.2, -0.15) is 5.10 Å². The van der Waals surface area contributed by atoms with Crippen molar-refractivity contribution < 1.29 is 0 Å². The number of anilines is 1. The molecule has 2 rings (SSSR count). The van der Waals surface area contributed by atoms with Gasteiger partial charge < -0.3 is 5.73 Å². The molecule has 3 nitrogen and oxygen atoms in total. The van der Waals surface area contributed by atoms with E-state index < -0.39 is 0 Å². The molecule has 3 heteroatoms. The Hall–Kier alpha value is -1.77. The second-order valence-electron chi connectivity index (χ2n) is 4.50. The van der Waals surface area contributed by atoms with Crippen molar-refractivity contribution in [1.29, 1.82) is 0 Å². The summed E-state index contributed by atoms with van der Waals surface area (Å²) in [5.74, 6) is 0. The van der Waals surface area contributed by atoms with Crippen molar-refractivity contribution in [2.75, 3.05) is 5.73 Å². The van der Waals surface area contributed by atoms with Crippen LogP contribution in [0, 0.1) is 13.8 Å². The Balaban J connectivity index is 1.89. The van der Waals surface area contributed by atoms with Crippen LogP contribution >= 0.6 is 0 Å². The second kappa shape index (κ2) is 5.04. The summed E-state index contributed by atoms with van der Waals surface area (Å²) in [6.45, 7) is 5.09. The SMILES string of the molecule is Cc1cc(C)n(CCCc2cccc(N)c2)n1. The van der Waals surface area contributed by atoms with E-state index in [2.05, 4.69) is 28.8 Å². The minimum absolute atomic E-state index is 0.841. The van der Waals surface area contributed by atoms with E-state index in [1.807, 2.05) is 25.1 Å². The van der Waals surface area contributed by atoms with Crippen LogP contribution in [0.4, 0.5) is 5.69 Å². The highest BCUT2D eigenvalue weighted by molar-refractivity contribution is 5.40. The molecule has 2 N–H and O–H groups in total. The molecule has 90 valence electrons. The van der Waals surface area contributed by atoms with Crippen LogP contribution in [0.25, 0.3) is 0 Å². The zero-order valence-electron chi connectivity index (χ0n) is 10.5. The summed E-state index contributed by atoms with van der Waals surface area (Å²) in [7, 11) is 0. The Bertz CT molecular complexity index is 500. The molecule has 0 atom stereocenters. The third-order valence-corrected chi connectivity index (χ3v) is 2.89. The molecule has 0 aliphatic carbocycles. The zero-order valence-corrected chi connectivity index (χ0v) is 10.5. The first-order valence-electron chi connectivity index (χ1n) is 6.00. The van der Waals surface area contributed by atoms with Crippen LogP contribution in [0.2, 0.25) is 0 Å². The lowest BCUT2D eigenvalue weighted by molar-refractivity contribution is 0.562. The normalized spacial score (nSPS) is 10.7. The predicted molar refractivity (Wildman–Crippen MR) is 70.9 cm³/mol. The lowest BCUT2D eigenvalue weighted by atomic mass is 10.1. The van der Waals surface area contributed by atoms with Gasteiger partial charge in [0.05, 0.1) is 5.69 Å². The molecule has 2 aromatic rings. The highest BCUT2D eigenvalue weighted by atomic mass is 15.3. The van der Waals surface area contributed by atoms with E-state index in [1.54, 1.807) is 0 Å². The first-order valence-corrected chi connectivity index (χ1v) is 6.00. The number of aryl methyl sites for hydroxylation is 4. The van der Waals surface area contributed by atoms with E-state index in [0.29, 0.717) is 0 Å². The first-order chi connectivity index (χ1) is 8.15. The van der Waals surface area contributed by atoms with E-state index in [0.717, 1.165) is 30.8 Å². The highest BCUT2D eigenvalue weighted by Crippen LogP contribution is 2.10. The average Bonchev–Trinajstić information content (AvgIpc) is 2.58. The van der Waals surface area contributed by atoms with Crippen molar-refractivity contribution in [3.05, 3.63) is 47.3 Å². The van der Waals surface area contributed by atoms with Gasteiger partial charge in [-0.25, -0.2) is 0 Å². The molecule has 0 aliphatic heterocycles. The van der Waals surface area contributed by atoms with Gasteiger partial charge in [0.25, 0.3) is 0 Å². The van der Waals surface area contributed by atoms with Crippen LogP contribution in [0.3, 0.4) is 0 Å². The van der Waals surface area contributed by atoms with Gasteiger partial charge in [-0.3, -0.25) is 4.68 Å². The van der Waals surface area contributed by atoms with Gasteiger partial charge in [0.2, 0.25) is 0 Å². The van der Waals surface area contributed by atoms with Gasteiger partial charge in [-0.05, 0) is 50.5 Å². The van der Waals surface area contributed by atoms with Crippen molar-refractivity contribution in [2.24, 2.45) is 0 Å². The van der Waals surface area contributed by atoms with E-state index in [9.17, 15) is 0 Å². The third kappa shape index (κ3) is 3.09. The summed E-state index contributed by atoms with van der Waals surface area (Å²) >= 11 is 0. The number of rotatable bonds is 4. The molecule has 0 unspecified atom stereocenters. The Morgan fingerprint density at radius 3 is 2.71 bits per heavy atom. The van der Waals surface area contributed by atoms with Gasteiger partial charge in [0.15, 0.2) is 0 Å². The minimum atomic E-state index is 0.841. The quantitative estimate of drug-likeness (QED) is 0.819. The van der Waals surface area contributed by atoms with Crippen LogP contribution in [-0.4, -0.2) is 9.78 Å². The Kier molecular flexibility index (Phi) is 3.47. The number of aromatic nitrogens is 2. The molecule has 0 fully saturated rings. The number of hydrogen-bond acceptors (Lipinski definition) is 2. The molecule has 0 aliphatic rings. The summed E-state index contributed by atoms with van der Waals surface area (Å²) in [6, 6.07) is 10.2. The standard InChI is InChI=1S/C14H19N3/c1-11-9-12(2)17(16-11)8-4-6-13-5-3-7-14(15)10-13/h3,5,7,9-10H,4,6,8,15H2,1-2H3. The lowest BCUT2D eigenvalue weighted by Crippen LogP contribution is -2.03. The molecule has 1 heterocycles. The number of nitrogens with zero attached hydrogens (tertiary/aromatic N) is 2. The van der Waals surface area contributed by atoms with E-state index in [-0.39, 0.29) is 0 Å². The Morgan fingerprint density at radius 1 is 1.24 bits per heavy atom. The maximum Gasteiger partial charge on any atom is 0.0596 e. The maximum atomic E-state index is 5.75. The maximum absolute atomic E-state index is 5.75. The average molecular weight is 229 g/mol. The van der Waals surface area contributed by atoms with Crippen molar-refractivity contribution in [2.45, 2.75) is 33.2 Å². The molecule has 0 saturated heterocycles.